The molecule has 1 fully saturated rings. The van der Waals surface area contributed by atoms with Gasteiger partial charge in [-0.2, -0.15) is 5.10 Å². The van der Waals surface area contributed by atoms with E-state index in [0.29, 0.717) is 18.2 Å². The van der Waals surface area contributed by atoms with Gasteiger partial charge in [-0.25, -0.2) is 4.39 Å². The standard InChI is InChI=1S/C15H16FN3O/c1-10-6-8-19(15(20)13-5-7-17-18-13)14(10)11-3-2-4-12(16)9-11/h2-5,7,9-10,14H,6,8H2,1H3,(H,17,18). The zero-order valence-electron chi connectivity index (χ0n) is 11.2. The lowest BCUT2D eigenvalue weighted by atomic mass is 9.95. The van der Waals surface area contributed by atoms with Gasteiger partial charge in [0.15, 0.2) is 0 Å². The fraction of sp³-hybridized carbons (Fsp3) is 0.333. The maximum atomic E-state index is 13.4. The van der Waals surface area contributed by atoms with Gasteiger partial charge in [0.1, 0.15) is 11.5 Å². The fourth-order valence-corrected chi connectivity index (χ4v) is 2.90. The molecule has 1 aromatic carbocycles. The van der Waals surface area contributed by atoms with Crippen LogP contribution in [-0.4, -0.2) is 27.5 Å². The number of aromatic amines is 1. The molecule has 104 valence electrons. The third-order valence-electron chi connectivity index (χ3n) is 3.88. The maximum absolute atomic E-state index is 13.4. The summed E-state index contributed by atoms with van der Waals surface area (Å²) in [5.74, 6) is -0.0414. The summed E-state index contributed by atoms with van der Waals surface area (Å²) in [6.07, 6.45) is 2.48. The maximum Gasteiger partial charge on any atom is 0.272 e. The Bertz CT molecular complexity index is 611. The second kappa shape index (κ2) is 5.07. The molecule has 5 heteroatoms. The van der Waals surface area contributed by atoms with E-state index >= 15 is 0 Å². The summed E-state index contributed by atoms with van der Waals surface area (Å²) in [6, 6.07) is 8.08. The molecule has 1 aromatic heterocycles. The second-order valence-corrected chi connectivity index (χ2v) is 5.23. The van der Waals surface area contributed by atoms with E-state index in [4.69, 9.17) is 0 Å². The van der Waals surface area contributed by atoms with Crippen LogP contribution < -0.4 is 0 Å². The summed E-state index contributed by atoms with van der Waals surface area (Å²) in [5, 5.41) is 6.51. The van der Waals surface area contributed by atoms with Gasteiger partial charge in [0, 0.05) is 12.7 Å². The lowest BCUT2D eigenvalue weighted by molar-refractivity contribution is 0.0714. The molecule has 1 saturated heterocycles. The summed E-state index contributed by atoms with van der Waals surface area (Å²) < 4.78 is 13.4. The Morgan fingerprint density at radius 2 is 2.30 bits per heavy atom. The Balaban J connectivity index is 1.93. The van der Waals surface area contributed by atoms with Gasteiger partial charge < -0.3 is 4.90 Å². The summed E-state index contributed by atoms with van der Waals surface area (Å²) in [6.45, 7) is 2.77. The molecule has 3 rings (SSSR count). The number of halogens is 1. The number of nitrogens with one attached hydrogen (secondary N) is 1. The number of nitrogens with zero attached hydrogens (tertiary/aromatic N) is 2. The fourth-order valence-electron chi connectivity index (χ4n) is 2.90. The minimum Gasteiger partial charge on any atom is -0.330 e. The van der Waals surface area contributed by atoms with Crippen molar-refractivity contribution in [3.05, 3.63) is 53.6 Å². The molecule has 2 heterocycles. The first-order valence-corrected chi connectivity index (χ1v) is 6.72. The van der Waals surface area contributed by atoms with Crippen molar-refractivity contribution < 1.29 is 9.18 Å². The van der Waals surface area contributed by atoms with E-state index in [1.54, 1.807) is 23.2 Å². The van der Waals surface area contributed by atoms with Crippen molar-refractivity contribution in [1.29, 1.82) is 0 Å². The third kappa shape index (κ3) is 2.19. The van der Waals surface area contributed by atoms with E-state index in [1.165, 1.54) is 12.1 Å². The Morgan fingerprint density at radius 3 is 3.00 bits per heavy atom. The summed E-state index contributed by atoms with van der Waals surface area (Å²) >= 11 is 0. The van der Waals surface area contributed by atoms with Crippen LogP contribution in [0.15, 0.2) is 36.5 Å². The van der Waals surface area contributed by atoms with Crippen molar-refractivity contribution in [3.63, 3.8) is 0 Å². The first-order valence-electron chi connectivity index (χ1n) is 6.72. The van der Waals surface area contributed by atoms with Crippen molar-refractivity contribution in [1.82, 2.24) is 15.1 Å². The molecule has 1 aliphatic rings. The van der Waals surface area contributed by atoms with Crippen LogP contribution in [0.25, 0.3) is 0 Å². The van der Waals surface area contributed by atoms with Crippen molar-refractivity contribution in [2.45, 2.75) is 19.4 Å². The van der Waals surface area contributed by atoms with Gasteiger partial charge in [0.25, 0.3) is 5.91 Å². The van der Waals surface area contributed by atoms with Crippen molar-refractivity contribution >= 4 is 5.91 Å². The summed E-state index contributed by atoms with van der Waals surface area (Å²) in [4.78, 5) is 14.3. The minimum atomic E-state index is -0.268. The molecule has 20 heavy (non-hydrogen) atoms. The van der Waals surface area contributed by atoms with Gasteiger partial charge >= 0.3 is 0 Å². The Morgan fingerprint density at radius 1 is 1.45 bits per heavy atom. The van der Waals surface area contributed by atoms with E-state index in [9.17, 15) is 9.18 Å². The predicted octanol–water partition coefficient (Wildman–Crippen LogP) is 2.77. The zero-order chi connectivity index (χ0) is 14.1. The van der Waals surface area contributed by atoms with Gasteiger partial charge in [-0.1, -0.05) is 19.1 Å². The highest BCUT2D eigenvalue weighted by atomic mass is 19.1. The van der Waals surface area contributed by atoms with Crippen LogP contribution in [0.4, 0.5) is 4.39 Å². The SMILES string of the molecule is CC1CCN(C(=O)c2ccn[nH]2)C1c1cccc(F)c1. The highest BCUT2D eigenvalue weighted by Crippen LogP contribution is 2.37. The van der Waals surface area contributed by atoms with Gasteiger partial charge in [0.05, 0.1) is 6.04 Å². The van der Waals surface area contributed by atoms with Gasteiger partial charge in [-0.15, -0.1) is 0 Å². The quantitative estimate of drug-likeness (QED) is 0.914. The number of rotatable bonds is 2. The average molecular weight is 273 g/mol. The number of hydrogen-bond donors (Lipinski definition) is 1. The number of likely N-dealkylation sites (tertiary alicyclic amines) is 1. The molecule has 0 saturated carbocycles. The van der Waals surface area contributed by atoms with Crippen molar-refractivity contribution in [2.75, 3.05) is 6.54 Å². The van der Waals surface area contributed by atoms with Gasteiger partial charge in [-0.3, -0.25) is 9.89 Å². The molecular weight excluding hydrogens is 257 g/mol. The number of carbonyl (C=O) groups is 1. The first-order chi connectivity index (χ1) is 9.66. The minimum absolute atomic E-state index is 0.0819. The topological polar surface area (TPSA) is 49.0 Å². The third-order valence-corrected chi connectivity index (χ3v) is 3.88. The lowest BCUT2D eigenvalue weighted by Crippen LogP contribution is -2.32. The normalized spacial score (nSPS) is 22.2. The van der Waals surface area contributed by atoms with E-state index in [1.807, 2.05) is 6.07 Å². The number of hydrogen-bond acceptors (Lipinski definition) is 2. The molecular formula is C15H16FN3O. The largest absolute Gasteiger partial charge is 0.330 e. The number of carbonyl (C=O) groups excluding carboxylic acids is 1. The van der Waals surface area contributed by atoms with Crippen LogP contribution in [0, 0.1) is 11.7 Å². The number of benzene rings is 1. The molecule has 2 unspecified atom stereocenters. The summed E-state index contributed by atoms with van der Waals surface area (Å²) in [5.41, 5.74) is 1.32. The smallest absolute Gasteiger partial charge is 0.272 e. The predicted molar refractivity (Wildman–Crippen MR) is 72.5 cm³/mol. The van der Waals surface area contributed by atoms with E-state index in [-0.39, 0.29) is 17.8 Å². The van der Waals surface area contributed by atoms with E-state index in [2.05, 4.69) is 17.1 Å². The van der Waals surface area contributed by atoms with Crippen LogP contribution in [0.1, 0.15) is 35.4 Å². The Hall–Kier alpha value is -2.17. The lowest BCUT2D eigenvalue weighted by Gasteiger charge is -2.27. The molecule has 1 aliphatic heterocycles. The molecule has 4 nitrogen and oxygen atoms in total. The van der Waals surface area contributed by atoms with Crippen molar-refractivity contribution in [3.8, 4) is 0 Å². The first kappa shape index (κ1) is 12.8. The highest BCUT2D eigenvalue weighted by Gasteiger charge is 2.36. The Labute approximate surface area is 116 Å². The van der Waals surface area contributed by atoms with Crippen LogP contribution in [0.3, 0.4) is 0 Å². The molecule has 0 spiro atoms. The molecule has 1 N–H and O–H groups in total. The highest BCUT2D eigenvalue weighted by molar-refractivity contribution is 5.92. The van der Waals surface area contributed by atoms with Gasteiger partial charge in [-0.05, 0) is 36.1 Å². The number of aromatic nitrogens is 2. The Kier molecular flexibility index (Phi) is 3.26. The molecule has 1 amide bonds. The van der Waals surface area contributed by atoms with Crippen LogP contribution in [0.2, 0.25) is 0 Å². The van der Waals surface area contributed by atoms with Gasteiger partial charge in [0.2, 0.25) is 0 Å². The average Bonchev–Trinajstić information content (AvgIpc) is 3.07. The molecule has 2 aromatic rings. The summed E-state index contributed by atoms with van der Waals surface area (Å²) in [7, 11) is 0. The van der Waals surface area contributed by atoms with E-state index < -0.39 is 0 Å². The number of amides is 1. The number of H-pyrrole nitrogens is 1. The molecule has 0 aliphatic carbocycles. The van der Waals surface area contributed by atoms with Crippen LogP contribution in [-0.2, 0) is 0 Å². The molecule has 0 bridgehead atoms. The zero-order valence-corrected chi connectivity index (χ0v) is 11.2. The van der Waals surface area contributed by atoms with Crippen LogP contribution >= 0.6 is 0 Å². The van der Waals surface area contributed by atoms with E-state index in [0.717, 1.165) is 12.0 Å². The van der Waals surface area contributed by atoms with Crippen LogP contribution in [0.5, 0.6) is 0 Å². The molecule has 2 atom stereocenters. The second-order valence-electron chi connectivity index (χ2n) is 5.23. The van der Waals surface area contributed by atoms with Crippen molar-refractivity contribution in [2.24, 2.45) is 5.92 Å². The monoisotopic (exact) mass is 273 g/mol. The molecule has 0 radical (unpaired) electrons.